The van der Waals surface area contributed by atoms with E-state index in [4.69, 9.17) is 4.74 Å². The predicted molar refractivity (Wildman–Crippen MR) is 104 cm³/mol. The molecule has 25 heavy (non-hydrogen) atoms. The van der Waals surface area contributed by atoms with E-state index in [0.717, 1.165) is 35.1 Å². The zero-order valence-corrected chi connectivity index (χ0v) is 15.4. The Kier molecular flexibility index (Phi) is 8.12. The second-order valence-corrected chi connectivity index (χ2v) is 6.41. The first-order valence-corrected chi connectivity index (χ1v) is 9.27. The van der Waals surface area contributed by atoms with E-state index in [0.29, 0.717) is 12.3 Å². The Bertz CT molecular complexity index is 694. The summed E-state index contributed by atoms with van der Waals surface area (Å²) in [5.74, 6) is 2.98. The van der Waals surface area contributed by atoms with Crippen molar-refractivity contribution in [2.24, 2.45) is 4.99 Å². The molecule has 2 N–H and O–H groups in total. The van der Waals surface area contributed by atoms with E-state index in [2.05, 4.69) is 15.6 Å². The molecule has 0 aliphatic heterocycles. The van der Waals surface area contributed by atoms with E-state index in [1.807, 2.05) is 36.4 Å². The van der Waals surface area contributed by atoms with E-state index in [1.165, 1.54) is 6.07 Å². The van der Waals surface area contributed by atoms with Crippen LogP contribution in [-0.2, 0) is 12.3 Å². The number of guanidine groups is 1. The molecule has 0 amide bonds. The van der Waals surface area contributed by atoms with Crippen molar-refractivity contribution in [1.82, 2.24) is 10.6 Å². The number of nitrogens with one attached hydrogen (secondary N) is 2. The summed E-state index contributed by atoms with van der Waals surface area (Å²) in [6.45, 7) is 1.39. The van der Waals surface area contributed by atoms with E-state index < -0.39 is 0 Å². The van der Waals surface area contributed by atoms with Crippen LogP contribution in [0.1, 0.15) is 11.1 Å². The molecule has 2 aromatic carbocycles. The lowest BCUT2D eigenvalue weighted by atomic mass is 10.2. The van der Waals surface area contributed by atoms with Crippen molar-refractivity contribution in [2.75, 3.05) is 26.5 Å². The molecule has 0 radical (unpaired) electrons. The van der Waals surface area contributed by atoms with Gasteiger partial charge in [-0.15, -0.1) is 0 Å². The summed E-state index contributed by atoms with van der Waals surface area (Å²) in [5, 5.41) is 6.53. The molecule has 0 spiro atoms. The highest BCUT2D eigenvalue weighted by Crippen LogP contribution is 2.16. The molecular weight excluding hydrogens is 337 g/mol. The highest BCUT2D eigenvalue weighted by molar-refractivity contribution is 7.98. The fourth-order valence-electron chi connectivity index (χ4n) is 2.29. The molecule has 0 aliphatic carbocycles. The summed E-state index contributed by atoms with van der Waals surface area (Å²) in [5.41, 5.74) is 1.81. The molecule has 0 aliphatic rings. The lowest BCUT2D eigenvalue weighted by Gasteiger charge is -2.13. The molecule has 0 heterocycles. The van der Waals surface area contributed by atoms with Crippen molar-refractivity contribution in [3.8, 4) is 5.75 Å². The number of thioether (sulfide) groups is 1. The Balaban J connectivity index is 1.69. The topological polar surface area (TPSA) is 45.7 Å². The third-order valence-electron chi connectivity index (χ3n) is 3.62. The summed E-state index contributed by atoms with van der Waals surface area (Å²) in [4.78, 5) is 4.21. The van der Waals surface area contributed by atoms with Crippen LogP contribution < -0.4 is 15.4 Å². The molecule has 0 bridgehead atoms. The van der Waals surface area contributed by atoms with Crippen molar-refractivity contribution in [2.45, 2.75) is 12.3 Å². The van der Waals surface area contributed by atoms with Crippen LogP contribution in [-0.4, -0.2) is 32.4 Å². The van der Waals surface area contributed by atoms with Crippen LogP contribution in [0, 0.1) is 5.82 Å². The molecule has 2 aromatic rings. The third kappa shape index (κ3) is 6.31. The summed E-state index contributed by atoms with van der Waals surface area (Å²) in [6.07, 6.45) is 0. The summed E-state index contributed by atoms with van der Waals surface area (Å²) >= 11 is 1.69. The average molecular weight is 361 g/mol. The van der Waals surface area contributed by atoms with Gasteiger partial charge in [-0.25, -0.2) is 4.39 Å². The van der Waals surface area contributed by atoms with Gasteiger partial charge in [0.15, 0.2) is 5.96 Å². The van der Waals surface area contributed by atoms with Crippen LogP contribution in [0.2, 0.25) is 0 Å². The van der Waals surface area contributed by atoms with Gasteiger partial charge in [0.2, 0.25) is 0 Å². The molecule has 4 nitrogen and oxygen atoms in total. The van der Waals surface area contributed by atoms with Gasteiger partial charge in [-0.1, -0.05) is 36.4 Å². The fraction of sp³-hybridized carbons (Fsp3) is 0.316. The number of aliphatic imine (C=N–C) groups is 1. The molecule has 6 heteroatoms. The Morgan fingerprint density at radius 1 is 1.08 bits per heavy atom. The Labute approximate surface area is 152 Å². The van der Waals surface area contributed by atoms with Gasteiger partial charge in [-0.3, -0.25) is 4.99 Å². The van der Waals surface area contributed by atoms with Gasteiger partial charge in [0, 0.05) is 37.2 Å². The van der Waals surface area contributed by atoms with Gasteiger partial charge in [0.25, 0.3) is 0 Å². The first-order valence-electron chi connectivity index (χ1n) is 8.12. The van der Waals surface area contributed by atoms with Crippen molar-refractivity contribution in [3.05, 3.63) is 65.5 Å². The van der Waals surface area contributed by atoms with Crippen LogP contribution in [0.15, 0.2) is 53.5 Å². The summed E-state index contributed by atoms with van der Waals surface area (Å²) in [6, 6.07) is 14.8. The number of hydrogen-bond acceptors (Lipinski definition) is 3. The number of hydrogen-bond donors (Lipinski definition) is 2. The number of benzene rings is 2. The minimum absolute atomic E-state index is 0.141. The van der Waals surface area contributed by atoms with Gasteiger partial charge in [0.1, 0.15) is 11.6 Å². The Hall–Kier alpha value is -2.21. The van der Waals surface area contributed by atoms with Gasteiger partial charge in [0.05, 0.1) is 7.11 Å². The molecule has 0 saturated heterocycles. The average Bonchev–Trinajstić information content (AvgIpc) is 2.65. The predicted octanol–water partition coefficient (Wildman–Crippen LogP) is 3.43. The van der Waals surface area contributed by atoms with Gasteiger partial charge in [-0.2, -0.15) is 11.8 Å². The molecule has 0 atom stereocenters. The monoisotopic (exact) mass is 361 g/mol. The van der Waals surface area contributed by atoms with Crippen LogP contribution >= 0.6 is 11.8 Å². The second-order valence-electron chi connectivity index (χ2n) is 5.31. The standard InChI is InChI=1S/C19H24FN3OS/c1-21-19(23-13-15-7-4-6-10-18(15)24-2)22-11-12-25-14-16-8-3-5-9-17(16)20/h3-10H,11-14H2,1-2H3,(H2,21,22,23). The maximum absolute atomic E-state index is 13.5. The van der Waals surface area contributed by atoms with Gasteiger partial charge < -0.3 is 15.4 Å². The maximum Gasteiger partial charge on any atom is 0.191 e. The second kappa shape index (κ2) is 10.6. The fourth-order valence-corrected chi connectivity index (χ4v) is 3.13. The highest BCUT2D eigenvalue weighted by Gasteiger charge is 2.04. The number of ether oxygens (including phenoxy) is 1. The minimum atomic E-state index is -0.141. The number of nitrogens with zero attached hydrogens (tertiary/aromatic N) is 1. The number of rotatable bonds is 8. The van der Waals surface area contributed by atoms with Crippen molar-refractivity contribution in [3.63, 3.8) is 0 Å². The molecule has 2 rings (SSSR count). The number of methoxy groups -OCH3 is 1. The molecular formula is C19H24FN3OS. The van der Waals surface area contributed by atoms with Gasteiger partial charge in [-0.05, 0) is 17.7 Å². The number of para-hydroxylation sites is 1. The zero-order valence-electron chi connectivity index (χ0n) is 14.6. The van der Waals surface area contributed by atoms with Crippen LogP contribution in [0.25, 0.3) is 0 Å². The molecule has 134 valence electrons. The highest BCUT2D eigenvalue weighted by atomic mass is 32.2. The maximum atomic E-state index is 13.5. The Morgan fingerprint density at radius 3 is 2.52 bits per heavy atom. The first-order chi connectivity index (χ1) is 12.2. The van der Waals surface area contributed by atoms with E-state index in [9.17, 15) is 4.39 Å². The lowest BCUT2D eigenvalue weighted by molar-refractivity contribution is 0.409. The normalized spacial score (nSPS) is 11.2. The van der Waals surface area contributed by atoms with Crippen molar-refractivity contribution in [1.29, 1.82) is 0 Å². The van der Waals surface area contributed by atoms with E-state index in [1.54, 1.807) is 32.0 Å². The van der Waals surface area contributed by atoms with Crippen LogP contribution in [0.5, 0.6) is 5.75 Å². The zero-order chi connectivity index (χ0) is 17.9. The quantitative estimate of drug-likeness (QED) is 0.430. The number of halogens is 1. The molecule has 0 fully saturated rings. The summed E-state index contributed by atoms with van der Waals surface area (Å²) < 4.78 is 18.9. The molecule has 0 unspecified atom stereocenters. The first kappa shape index (κ1) is 19.1. The largest absolute Gasteiger partial charge is 0.496 e. The lowest BCUT2D eigenvalue weighted by Crippen LogP contribution is -2.38. The van der Waals surface area contributed by atoms with Crippen molar-refractivity contribution >= 4 is 17.7 Å². The Morgan fingerprint density at radius 2 is 1.80 bits per heavy atom. The molecule has 0 aromatic heterocycles. The van der Waals surface area contributed by atoms with Crippen LogP contribution in [0.4, 0.5) is 4.39 Å². The van der Waals surface area contributed by atoms with E-state index >= 15 is 0 Å². The third-order valence-corrected chi connectivity index (χ3v) is 4.62. The smallest absolute Gasteiger partial charge is 0.191 e. The van der Waals surface area contributed by atoms with E-state index in [-0.39, 0.29) is 5.82 Å². The molecule has 0 saturated carbocycles. The van der Waals surface area contributed by atoms with Crippen molar-refractivity contribution < 1.29 is 9.13 Å². The minimum Gasteiger partial charge on any atom is -0.496 e. The van der Waals surface area contributed by atoms with Crippen LogP contribution in [0.3, 0.4) is 0 Å². The summed E-state index contributed by atoms with van der Waals surface area (Å²) in [7, 11) is 3.41. The SMILES string of the molecule is CN=C(NCCSCc1ccccc1F)NCc1ccccc1OC. The van der Waals surface area contributed by atoms with Gasteiger partial charge >= 0.3 is 0 Å².